The number of benzene rings is 1. The molecule has 1 aromatic carbocycles. The van der Waals surface area contributed by atoms with Crippen molar-refractivity contribution in [3.63, 3.8) is 0 Å². The summed E-state index contributed by atoms with van der Waals surface area (Å²) in [6.45, 7) is 2.96. The molecule has 1 atom stereocenters. The Kier molecular flexibility index (Phi) is 3.57. The third kappa shape index (κ3) is 2.83. The summed E-state index contributed by atoms with van der Waals surface area (Å²) in [5.74, 6) is 1.21. The Bertz CT molecular complexity index is 519. The molecule has 0 radical (unpaired) electrons. The summed E-state index contributed by atoms with van der Waals surface area (Å²) in [6.07, 6.45) is 2.51. The van der Waals surface area contributed by atoms with Crippen LogP contribution in [0.5, 0.6) is 0 Å². The van der Waals surface area contributed by atoms with Crippen molar-refractivity contribution in [1.29, 1.82) is 0 Å². The maximum Gasteiger partial charge on any atom is 0.240 e. The molecule has 19 heavy (non-hydrogen) atoms. The van der Waals surface area contributed by atoms with Gasteiger partial charge in [0, 0.05) is 0 Å². The van der Waals surface area contributed by atoms with Crippen LogP contribution in [0.15, 0.2) is 34.9 Å². The molecule has 5 heteroatoms. The lowest BCUT2D eigenvalue weighted by molar-refractivity contribution is 0.267. The van der Waals surface area contributed by atoms with Crippen LogP contribution >= 0.6 is 0 Å². The van der Waals surface area contributed by atoms with Crippen LogP contribution in [0.4, 0.5) is 0 Å². The Morgan fingerprint density at radius 1 is 1.21 bits per heavy atom. The fraction of sp³-hybridized carbons (Fsp3) is 0.429. The average Bonchev–Trinajstić information content (AvgIpc) is 3.11. The minimum absolute atomic E-state index is 0.322. The van der Waals surface area contributed by atoms with Crippen LogP contribution in [-0.2, 0) is 6.54 Å². The number of rotatable bonds is 4. The third-order valence-corrected chi connectivity index (χ3v) is 3.48. The molecule has 0 aliphatic carbocycles. The van der Waals surface area contributed by atoms with E-state index in [1.165, 1.54) is 12.8 Å². The van der Waals surface area contributed by atoms with Gasteiger partial charge in [-0.05, 0) is 31.5 Å². The van der Waals surface area contributed by atoms with E-state index < -0.39 is 0 Å². The summed E-state index contributed by atoms with van der Waals surface area (Å²) >= 11 is 0. The lowest BCUT2D eigenvalue weighted by atomic mass is 10.1. The zero-order valence-corrected chi connectivity index (χ0v) is 10.8. The number of nitrogens with two attached hydrogens (primary N) is 1. The lowest BCUT2D eigenvalue weighted by Crippen LogP contribution is -2.19. The summed E-state index contributed by atoms with van der Waals surface area (Å²) in [7, 11) is 0. The number of hydrogen-bond donors (Lipinski definition) is 1. The van der Waals surface area contributed by atoms with Crippen molar-refractivity contribution in [2.75, 3.05) is 13.1 Å². The zero-order chi connectivity index (χ0) is 13.1. The largest absolute Gasteiger partial charge is 0.338 e. The predicted molar refractivity (Wildman–Crippen MR) is 71.3 cm³/mol. The molecule has 2 N–H and O–H groups in total. The van der Waals surface area contributed by atoms with E-state index in [-0.39, 0.29) is 6.04 Å². The first kappa shape index (κ1) is 12.3. The highest BCUT2D eigenvalue weighted by atomic mass is 16.5. The van der Waals surface area contributed by atoms with Crippen molar-refractivity contribution >= 4 is 0 Å². The van der Waals surface area contributed by atoms with Crippen LogP contribution in [0.2, 0.25) is 0 Å². The van der Waals surface area contributed by atoms with Gasteiger partial charge in [-0.25, -0.2) is 0 Å². The van der Waals surface area contributed by atoms with Crippen molar-refractivity contribution in [3.05, 3.63) is 47.6 Å². The van der Waals surface area contributed by atoms with E-state index in [1.54, 1.807) is 0 Å². The molecule has 1 saturated heterocycles. The molecule has 0 amide bonds. The summed E-state index contributed by atoms with van der Waals surface area (Å²) in [6, 6.07) is 9.51. The fourth-order valence-electron chi connectivity index (χ4n) is 2.40. The molecule has 5 nitrogen and oxygen atoms in total. The molecule has 0 spiro atoms. The van der Waals surface area contributed by atoms with Crippen molar-refractivity contribution in [2.24, 2.45) is 5.73 Å². The van der Waals surface area contributed by atoms with Crippen LogP contribution in [0.3, 0.4) is 0 Å². The van der Waals surface area contributed by atoms with E-state index in [4.69, 9.17) is 10.3 Å². The topological polar surface area (TPSA) is 68.2 Å². The Labute approximate surface area is 112 Å². The highest BCUT2D eigenvalue weighted by Gasteiger charge is 2.19. The second kappa shape index (κ2) is 5.50. The van der Waals surface area contributed by atoms with Gasteiger partial charge >= 0.3 is 0 Å². The maximum absolute atomic E-state index is 6.14. The van der Waals surface area contributed by atoms with Gasteiger partial charge in [-0.15, -0.1) is 0 Å². The molecular formula is C14H18N4O. The number of nitrogens with zero attached hydrogens (tertiary/aromatic N) is 3. The van der Waals surface area contributed by atoms with Crippen LogP contribution in [0.1, 0.15) is 36.2 Å². The van der Waals surface area contributed by atoms with Gasteiger partial charge in [-0.3, -0.25) is 4.90 Å². The molecule has 1 aromatic heterocycles. The van der Waals surface area contributed by atoms with Crippen LogP contribution < -0.4 is 5.73 Å². The fourth-order valence-corrected chi connectivity index (χ4v) is 2.40. The predicted octanol–water partition coefficient (Wildman–Crippen LogP) is 1.71. The molecule has 2 aromatic rings. The zero-order valence-electron chi connectivity index (χ0n) is 10.8. The van der Waals surface area contributed by atoms with Gasteiger partial charge in [-0.1, -0.05) is 35.5 Å². The van der Waals surface area contributed by atoms with Crippen molar-refractivity contribution in [3.8, 4) is 0 Å². The standard InChI is InChI=1S/C14H18N4O/c15-13(11-6-2-1-3-7-11)14-16-12(19-17-14)10-18-8-4-5-9-18/h1-3,6-7,13H,4-5,8-10,15H2/t13-/m1/s1. The van der Waals surface area contributed by atoms with E-state index in [9.17, 15) is 0 Å². The second-order valence-electron chi connectivity index (χ2n) is 4.92. The summed E-state index contributed by atoms with van der Waals surface area (Å²) in [5.41, 5.74) is 7.14. The van der Waals surface area contributed by atoms with Gasteiger partial charge in [0.2, 0.25) is 5.89 Å². The Morgan fingerprint density at radius 3 is 2.68 bits per heavy atom. The molecule has 1 aliphatic rings. The first-order chi connectivity index (χ1) is 9.33. The Balaban J connectivity index is 1.70. The average molecular weight is 258 g/mol. The first-order valence-corrected chi connectivity index (χ1v) is 6.68. The van der Waals surface area contributed by atoms with Gasteiger partial charge in [0.15, 0.2) is 5.82 Å². The Morgan fingerprint density at radius 2 is 1.95 bits per heavy atom. The summed E-state index contributed by atoms with van der Waals surface area (Å²) in [4.78, 5) is 6.73. The quantitative estimate of drug-likeness (QED) is 0.904. The van der Waals surface area contributed by atoms with E-state index in [2.05, 4.69) is 15.0 Å². The van der Waals surface area contributed by atoms with Gasteiger partial charge in [0.1, 0.15) is 0 Å². The molecule has 0 unspecified atom stereocenters. The third-order valence-electron chi connectivity index (χ3n) is 3.48. The molecule has 3 rings (SSSR count). The number of hydrogen-bond acceptors (Lipinski definition) is 5. The molecule has 1 aliphatic heterocycles. The van der Waals surface area contributed by atoms with Crippen LogP contribution in [-0.4, -0.2) is 28.1 Å². The molecule has 100 valence electrons. The minimum atomic E-state index is -0.322. The first-order valence-electron chi connectivity index (χ1n) is 6.68. The highest BCUT2D eigenvalue weighted by Crippen LogP contribution is 2.17. The molecule has 1 fully saturated rings. The minimum Gasteiger partial charge on any atom is -0.338 e. The molecule has 0 bridgehead atoms. The van der Waals surface area contributed by atoms with E-state index >= 15 is 0 Å². The normalized spacial score (nSPS) is 17.7. The van der Waals surface area contributed by atoms with Gasteiger partial charge in [0.25, 0.3) is 0 Å². The molecule has 2 heterocycles. The summed E-state index contributed by atoms with van der Waals surface area (Å²) in [5, 5.41) is 4.00. The lowest BCUT2D eigenvalue weighted by Gasteiger charge is -2.10. The monoisotopic (exact) mass is 258 g/mol. The van der Waals surface area contributed by atoms with Crippen molar-refractivity contribution in [1.82, 2.24) is 15.0 Å². The van der Waals surface area contributed by atoms with E-state index in [1.807, 2.05) is 30.3 Å². The number of aromatic nitrogens is 2. The van der Waals surface area contributed by atoms with Gasteiger partial charge in [-0.2, -0.15) is 4.98 Å². The van der Waals surface area contributed by atoms with Crippen molar-refractivity contribution in [2.45, 2.75) is 25.4 Å². The highest BCUT2D eigenvalue weighted by molar-refractivity contribution is 5.23. The molecule has 0 saturated carbocycles. The van der Waals surface area contributed by atoms with Crippen molar-refractivity contribution < 1.29 is 4.52 Å². The summed E-state index contributed by atoms with van der Waals surface area (Å²) < 4.78 is 5.29. The Hall–Kier alpha value is -1.72. The van der Waals surface area contributed by atoms with Crippen LogP contribution in [0.25, 0.3) is 0 Å². The number of likely N-dealkylation sites (tertiary alicyclic amines) is 1. The van der Waals surface area contributed by atoms with Gasteiger partial charge in [0.05, 0.1) is 12.6 Å². The van der Waals surface area contributed by atoms with Gasteiger partial charge < -0.3 is 10.3 Å². The van der Waals surface area contributed by atoms with Crippen LogP contribution in [0, 0.1) is 0 Å². The molecular weight excluding hydrogens is 240 g/mol. The maximum atomic E-state index is 6.14. The van der Waals surface area contributed by atoms with E-state index in [0.717, 1.165) is 25.2 Å². The smallest absolute Gasteiger partial charge is 0.240 e. The SMILES string of the molecule is N[C@H](c1ccccc1)c1noc(CN2CCCC2)n1. The second-order valence-corrected chi connectivity index (χ2v) is 4.92. The van der Waals surface area contributed by atoms with E-state index in [0.29, 0.717) is 11.7 Å².